The minimum absolute atomic E-state index is 0.325. The summed E-state index contributed by atoms with van der Waals surface area (Å²) in [6.45, 7) is 3.33. The van der Waals surface area contributed by atoms with Crippen LogP contribution in [-0.2, 0) is 9.84 Å². The number of halogens is 1. The molecule has 5 heteroatoms. The summed E-state index contributed by atoms with van der Waals surface area (Å²) in [6, 6.07) is 3.22. The summed E-state index contributed by atoms with van der Waals surface area (Å²) in [4.78, 5) is 4.26. The van der Waals surface area contributed by atoms with Crippen LogP contribution in [0.4, 0.5) is 0 Å². The second kappa shape index (κ2) is 3.91. The number of rotatable bonds is 2. The third kappa shape index (κ3) is 2.19. The van der Waals surface area contributed by atoms with Gasteiger partial charge in [0.25, 0.3) is 0 Å². The fraction of sp³-hybridized carbons (Fsp3) is 0.375. The Balaban J connectivity index is 3.32. The molecule has 3 nitrogen and oxygen atoms in total. The Morgan fingerprint density at radius 3 is 2.54 bits per heavy atom. The Labute approximate surface area is 91.6 Å². The molecule has 0 N–H and O–H groups in total. The molecular weight excluding hydrogens is 301 g/mol. The average molecular weight is 311 g/mol. The molecule has 13 heavy (non-hydrogen) atoms. The third-order valence-electron chi connectivity index (χ3n) is 1.65. The molecule has 72 valence electrons. The molecule has 0 atom stereocenters. The van der Waals surface area contributed by atoms with Gasteiger partial charge in [0, 0.05) is 6.20 Å². The summed E-state index contributed by atoms with van der Waals surface area (Å²) in [6.07, 6.45) is 1.58. The van der Waals surface area contributed by atoms with Crippen LogP contribution in [0, 0.1) is 3.70 Å². The van der Waals surface area contributed by atoms with Crippen LogP contribution in [0.1, 0.15) is 13.8 Å². The summed E-state index contributed by atoms with van der Waals surface area (Å²) in [5, 5.41) is -0.398. The highest BCUT2D eigenvalue weighted by Gasteiger charge is 2.21. The van der Waals surface area contributed by atoms with Gasteiger partial charge in [-0.15, -0.1) is 0 Å². The lowest BCUT2D eigenvalue weighted by molar-refractivity contribution is 0.586. The van der Waals surface area contributed by atoms with Gasteiger partial charge in [0.15, 0.2) is 9.84 Å². The van der Waals surface area contributed by atoms with Crippen molar-refractivity contribution in [2.75, 3.05) is 0 Å². The molecule has 0 aliphatic rings. The third-order valence-corrected chi connectivity index (χ3v) is 5.06. The van der Waals surface area contributed by atoms with Gasteiger partial charge in [-0.25, -0.2) is 13.4 Å². The van der Waals surface area contributed by atoms with Crippen LogP contribution in [0.5, 0.6) is 0 Å². The number of aromatic nitrogens is 1. The molecule has 0 amide bonds. The van der Waals surface area contributed by atoms with Crippen LogP contribution in [0.25, 0.3) is 0 Å². The monoisotopic (exact) mass is 311 g/mol. The first-order valence-corrected chi connectivity index (χ1v) is 6.43. The van der Waals surface area contributed by atoms with E-state index in [0.717, 1.165) is 0 Å². The van der Waals surface area contributed by atoms with Crippen molar-refractivity contribution in [1.82, 2.24) is 4.98 Å². The number of hydrogen-bond donors (Lipinski definition) is 0. The smallest absolute Gasteiger partial charge is 0.183 e. The Bertz CT molecular complexity index is 400. The van der Waals surface area contributed by atoms with E-state index in [2.05, 4.69) is 4.98 Å². The number of nitrogens with zero attached hydrogens (tertiary/aromatic N) is 1. The van der Waals surface area contributed by atoms with E-state index in [0.29, 0.717) is 8.60 Å². The van der Waals surface area contributed by atoms with Crippen LogP contribution in [0.15, 0.2) is 23.2 Å². The Morgan fingerprint density at radius 2 is 2.08 bits per heavy atom. The van der Waals surface area contributed by atoms with E-state index in [-0.39, 0.29) is 0 Å². The van der Waals surface area contributed by atoms with Crippen LogP contribution in [0.2, 0.25) is 0 Å². The fourth-order valence-corrected chi connectivity index (χ4v) is 3.16. The second-order valence-corrected chi connectivity index (χ2v) is 6.38. The van der Waals surface area contributed by atoms with Crippen LogP contribution in [-0.4, -0.2) is 18.7 Å². The standard InChI is InChI=1S/C8H10INO2S/c1-6(2)13(11,12)7-4-3-5-10-8(7)9/h3-6H,1-2H3. The molecule has 1 rings (SSSR count). The molecule has 0 spiro atoms. The molecule has 1 aromatic heterocycles. The molecule has 1 heterocycles. The number of sulfone groups is 1. The van der Waals surface area contributed by atoms with E-state index >= 15 is 0 Å². The van der Waals surface area contributed by atoms with E-state index in [1.807, 2.05) is 22.6 Å². The van der Waals surface area contributed by atoms with Crippen molar-refractivity contribution in [2.45, 2.75) is 24.0 Å². The molecule has 1 aromatic rings. The highest BCUT2D eigenvalue weighted by Crippen LogP contribution is 2.19. The summed E-state index contributed by atoms with van der Waals surface area (Å²) in [5.41, 5.74) is 0. The molecule has 0 unspecified atom stereocenters. The van der Waals surface area contributed by atoms with Crippen molar-refractivity contribution in [3.05, 3.63) is 22.0 Å². The topological polar surface area (TPSA) is 47.0 Å². The van der Waals surface area contributed by atoms with Gasteiger partial charge in [-0.2, -0.15) is 0 Å². The maximum absolute atomic E-state index is 11.7. The van der Waals surface area contributed by atoms with Crippen molar-refractivity contribution < 1.29 is 8.42 Å². The van der Waals surface area contributed by atoms with Crippen molar-refractivity contribution in [2.24, 2.45) is 0 Å². The van der Waals surface area contributed by atoms with Crippen molar-refractivity contribution in [3.63, 3.8) is 0 Å². The molecule has 0 fully saturated rings. The van der Waals surface area contributed by atoms with Crippen LogP contribution < -0.4 is 0 Å². The molecule has 0 radical (unpaired) electrons. The van der Waals surface area contributed by atoms with Crippen LogP contribution >= 0.6 is 22.6 Å². The molecule has 0 aliphatic carbocycles. The number of hydrogen-bond acceptors (Lipinski definition) is 3. The van der Waals surface area contributed by atoms with Gasteiger partial charge in [0.05, 0.1) is 10.1 Å². The predicted octanol–water partition coefficient (Wildman–Crippen LogP) is 1.87. The lowest BCUT2D eigenvalue weighted by Gasteiger charge is -2.08. The van der Waals surface area contributed by atoms with Crippen LogP contribution in [0.3, 0.4) is 0 Å². The molecule has 0 aromatic carbocycles. The zero-order valence-electron chi connectivity index (χ0n) is 7.36. The predicted molar refractivity (Wildman–Crippen MR) is 59.3 cm³/mol. The Hall–Kier alpha value is -0.170. The van der Waals surface area contributed by atoms with Gasteiger partial charge >= 0.3 is 0 Å². The molecule has 0 saturated heterocycles. The van der Waals surface area contributed by atoms with Gasteiger partial charge in [-0.3, -0.25) is 0 Å². The first kappa shape index (κ1) is 10.9. The lowest BCUT2D eigenvalue weighted by atomic mass is 10.5. The minimum Gasteiger partial charge on any atom is -0.249 e. The SMILES string of the molecule is CC(C)S(=O)(=O)c1cccnc1I. The average Bonchev–Trinajstić information content (AvgIpc) is 2.04. The molecule has 0 saturated carbocycles. The molecule has 0 aliphatic heterocycles. The van der Waals surface area contributed by atoms with Crippen molar-refractivity contribution in [1.29, 1.82) is 0 Å². The molecular formula is C8H10INO2S. The fourth-order valence-electron chi connectivity index (χ4n) is 0.837. The summed E-state index contributed by atoms with van der Waals surface area (Å²) >= 11 is 1.93. The minimum atomic E-state index is -3.18. The number of pyridine rings is 1. The van der Waals surface area contributed by atoms with E-state index in [1.54, 1.807) is 32.2 Å². The zero-order valence-corrected chi connectivity index (χ0v) is 10.3. The van der Waals surface area contributed by atoms with E-state index in [4.69, 9.17) is 0 Å². The first-order chi connectivity index (χ1) is 5.96. The van der Waals surface area contributed by atoms with Crippen molar-refractivity contribution >= 4 is 32.4 Å². The van der Waals surface area contributed by atoms with Gasteiger partial charge in [-0.1, -0.05) is 0 Å². The maximum atomic E-state index is 11.7. The maximum Gasteiger partial charge on any atom is 0.183 e. The van der Waals surface area contributed by atoms with E-state index in [9.17, 15) is 8.42 Å². The molecule has 0 bridgehead atoms. The largest absolute Gasteiger partial charge is 0.249 e. The van der Waals surface area contributed by atoms with E-state index in [1.165, 1.54) is 0 Å². The summed E-state index contributed by atoms with van der Waals surface area (Å²) in [5.74, 6) is 0. The first-order valence-electron chi connectivity index (χ1n) is 3.80. The Morgan fingerprint density at radius 1 is 1.46 bits per heavy atom. The van der Waals surface area contributed by atoms with Crippen molar-refractivity contribution in [3.8, 4) is 0 Å². The second-order valence-electron chi connectivity index (χ2n) is 2.89. The zero-order chi connectivity index (χ0) is 10.1. The van der Waals surface area contributed by atoms with Gasteiger partial charge in [-0.05, 0) is 48.6 Å². The van der Waals surface area contributed by atoms with Gasteiger partial charge < -0.3 is 0 Å². The van der Waals surface area contributed by atoms with Gasteiger partial charge in [0.1, 0.15) is 3.70 Å². The summed E-state index contributed by atoms with van der Waals surface area (Å²) in [7, 11) is -3.18. The lowest BCUT2D eigenvalue weighted by Crippen LogP contribution is -2.15. The summed E-state index contributed by atoms with van der Waals surface area (Å²) < 4.78 is 24.0. The van der Waals surface area contributed by atoms with E-state index < -0.39 is 15.1 Å². The quantitative estimate of drug-likeness (QED) is 0.619. The highest BCUT2D eigenvalue weighted by molar-refractivity contribution is 14.1. The van der Waals surface area contributed by atoms with Gasteiger partial charge in [0.2, 0.25) is 0 Å². The highest BCUT2D eigenvalue weighted by atomic mass is 127. The Kier molecular flexibility index (Phi) is 3.28. The normalized spacial score (nSPS) is 12.0.